The molecule has 2 rings (SSSR count). The molecule has 0 aromatic carbocycles. The van der Waals surface area contributed by atoms with E-state index in [1.54, 1.807) is 0 Å². The van der Waals surface area contributed by atoms with E-state index in [1.807, 2.05) is 0 Å². The molecule has 2 fully saturated rings. The van der Waals surface area contributed by atoms with Crippen LogP contribution in [0.4, 0.5) is 0 Å². The molecule has 0 amide bonds. The SMILES string of the molecule is N#CC1CCC(C(N)C2CC(Cl)C(Cl)CC2O)CC1. The predicted octanol–water partition coefficient (Wildman–Crippen LogP) is 2.63. The second-order valence-electron chi connectivity index (χ2n) is 6.05. The number of aliphatic hydroxyl groups excluding tert-OH is 1. The molecule has 2 aliphatic rings. The summed E-state index contributed by atoms with van der Waals surface area (Å²) in [7, 11) is 0. The number of aliphatic hydroxyl groups is 1. The van der Waals surface area contributed by atoms with Gasteiger partial charge in [0, 0.05) is 17.9 Å². The lowest BCUT2D eigenvalue weighted by atomic mass is 9.71. The highest BCUT2D eigenvalue weighted by molar-refractivity contribution is 6.30. The molecule has 0 heterocycles. The van der Waals surface area contributed by atoms with Gasteiger partial charge in [0.15, 0.2) is 0 Å². The van der Waals surface area contributed by atoms with E-state index in [9.17, 15) is 5.11 Å². The number of nitrogens with zero attached hydrogens (tertiary/aromatic N) is 1. The predicted molar refractivity (Wildman–Crippen MR) is 77.0 cm³/mol. The minimum atomic E-state index is -0.443. The van der Waals surface area contributed by atoms with Crippen LogP contribution in [-0.2, 0) is 0 Å². The third kappa shape index (κ3) is 3.55. The van der Waals surface area contributed by atoms with Crippen LogP contribution in [0.3, 0.4) is 0 Å². The summed E-state index contributed by atoms with van der Waals surface area (Å²) in [6.07, 6.45) is 4.61. The van der Waals surface area contributed by atoms with Crippen LogP contribution in [0.15, 0.2) is 0 Å². The van der Waals surface area contributed by atoms with Gasteiger partial charge >= 0.3 is 0 Å². The van der Waals surface area contributed by atoms with Crippen LogP contribution in [0, 0.1) is 29.1 Å². The van der Waals surface area contributed by atoms with E-state index in [0.29, 0.717) is 18.8 Å². The van der Waals surface area contributed by atoms with E-state index in [4.69, 9.17) is 34.2 Å². The quantitative estimate of drug-likeness (QED) is 0.771. The Labute approximate surface area is 125 Å². The van der Waals surface area contributed by atoms with Gasteiger partial charge in [-0.2, -0.15) is 5.26 Å². The van der Waals surface area contributed by atoms with Gasteiger partial charge in [0.1, 0.15) is 0 Å². The molecule has 0 aliphatic heterocycles. The van der Waals surface area contributed by atoms with E-state index < -0.39 is 6.10 Å². The molecule has 0 saturated heterocycles. The molecule has 5 heteroatoms. The van der Waals surface area contributed by atoms with Gasteiger partial charge in [0.2, 0.25) is 0 Å². The summed E-state index contributed by atoms with van der Waals surface area (Å²) in [6, 6.07) is 2.31. The Morgan fingerprint density at radius 1 is 1.11 bits per heavy atom. The van der Waals surface area contributed by atoms with Crippen molar-refractivity contribution in [2.45, 2.75) is 61.4 Å². The molecule has 19 heavy (non-hydrogen) atoms. The molecule has 5 atom stereocenters. The highest BCUT2D eigenvalue weighted by Crippen LogP contribution is 2.38. The summed E-state index contributed by atoms with van der Waals surface area (Å²) in [5.74, 6) is 0.633. The fourth-order valence-corrected chi connectivity index (χ4v) is 4.11. The van der Waals surface area contributed by atoms with Crippen molar-refractivity contribution in [3.8, 4) is 6.07 Å². The molecule has 2 aliphatic carbocycles. The van der Waals surface area contributed by atoms with Crippen LogP contribution in [-0.4, -0.2) is 28.0 Å². The zero-order valence-corrected chi connectivity index (χ0v) is 12.5. The number of nitriles is 1. The average molecular weight is 305 g/mol. The smallest absolute Gasteiger partial charge is 0.0655 e. The molecule has 2 saturated carbocycles. The molecular formula is C14H22Cl2N2O. The zero-order chi connectivity index (χ0) is 14.0. The molecule has 0 aromatic rings. The fourth-order valence-electron chi connectivity index (χ4n) is 3.51. The Morgan fingerprint density at radius 3 is 2.26 bits per heavy atom. The number of hydrogen-bond acceptors (Lipinski definition) is 3. The topological polar surface area (TPSA) is 70.0 Å². The van der Waals surface area contributed by atoms with Crippen molar-refractivity contribution in [2.24, 2.45) is 23.5 Å². The highest BCUT2D eigenvalue weighted by atomic mass is 35.5. The van der Waals surface area contributed by atoms with Gasteiger partial charge in [0.05, 0.1) is 22.9 Å². The number of nitrogens with two attached hydrogens (primary N) is 1. The molecule has 3 nitrogen and oxygen atoms in total. The van der Waals surface area contributed by atoms with Crippen molar-refractivity contribution < 1.29 is 5.11 Å². The van der Waals surface area contributed by atoms with E-state index in [2.05, 4.69) is 6.07 Å². The van der Waals surface area contributed by atoms with Gasteiger partial charge in [-0.25, -0.2) is 0 Å². The van der Waals surface area contributed by atoms with Gasteiger partial charge in [-0.3, -0.25) is 0 Å². The van der Waals surface area contributed by atoms with Gasteiger partial charge in [-0.1, -0.05) is 0 Å². The van der Waals surface area contributed by atoms with Gasteiger partial charge in [0.25, 0.3) is 0 Å². The van der Waals surface area contributed by atoms with Crippen molar-refractivity contribution in [3.05, 3.63) is 0 Å². The van der Waals surface area contributed by atoms with E-state index in [0.717, 1.165) is 25.7 Å². The lowest BCUT2D eigenvalue weighted by Gasteiger charge is -2.41. The largest absolute Gasteiger partial charge is 0.393 e. The Kier molecular flexibility index (Phi) is 5.37. The minimum Gasteiger partial charge on any atom is -0.393 e. The maximum Gasteiger partial charge on any atom is 0.0655 e. The fraction of sp³-hybridized carbons (Fsp3) is 0.929. The monoisotopic (exact) mass is 304 g/mol. The maximum absolute atomic E-state index is 10.2. The van der Waals surface area contributed by atoms with Crippen LogP contribution >= 0.6 is 23.2 Å². The van der Waals surface area contributed by atoms with Crippen molar-refractivity contribution in [1.82, 2.24) is 0 Å². The second kappa shape index (κ2) is 6.63. The lowest BCUT2D eigenvalue weighted by Crippen LogP contribution is -2.49. The maximum atomic E-state index is 10.2. The van der Waals surface area contributed by atoms with Crippen LogP contribution in [0.5, 0.6) is 0 Å². The summed E-state index contributed by atoms with van der Waals surface area (Å²) in [6.45, 7) is 0. The van der Waals surface area contributed by atoms with Gasteiger partial charge in [-0.05, 0) is 44.4 Å². The third-order valence-corrected chi connectivity index (χ3v) is 5.94. The van der Waals surface area contributed by atoms with Crippen LogP contribution in [0.2, 0.25) is 0 Å². The average Bonchev–Trinajstić information content (AvgIpc) is 2.42. The highest BCUT2D eigenvalue weighted by Gasteiger charge is 2.40. The third-order valence-electron chi connectivity index (χ3n) is 4.84. The molecule has 0 aromatic heterocycles. The Balaban J connectivity index is 1.92. The van der Waals surface area contributed by atoms with E-state index in [1.165, 1.54) is 0 Å². The molecule has 0 radical (unpaired) electrons. The lowest BCUT2D eigenvalue weighted by molar-refractivity contribution is 0.0404. The molecule has 108 valence electrons. The van der Waals surface area contributed by atoms with Crippen LogP contribution < -0.4 is 5.73 Å². The van der Waals surface area contributed by atoms with E-state index >= 15 is 0 Å². The van der Waals surface area contributed by atoms with Crippen molar-refractivity contribution in [3.63, 3.8) is 0 Å². The molecule has 3 N–H and O–H groups in total. The first-order valence-electron chi connectivity index (χ1n) is 7.14. The van der Waals surface area contributed by atoms with Crippen LogP contribution in [0.1, 0.15) is 38.5 Å². The van der Waals surface area contributed by atoms with Crippen LogP contribution in [0.25, 0.3) is 0 Å². The Bertz CT molecular complexity index is 339. The van der Waals surface area contributed by atoms with Crippen molar-refractivity contribution in [2.75, 3.05) is 0 Å². The van der Waals surface area contributed by atoms with Gasteiger partial charge in [-0.15, -0.1) is 23.2 Å². The molecule has 0 bridgehead atoms. The second-order valence-corrected chi connectivity index (χ2v) is 7.17. The Morgan fingerprint density at radius 2 is 1.68 bits per heavy atom. The summed E-state index contributed by atoms with van der Waals surface area (Å²) in [4.78, 5) is 0. The first kappa shape index (κ1) is 15.4. The standard InChI is InChI=1S/C14H22Cl2N2O/c15-11-5-10(13(19)6-12(11)16)14(18)9-3-1-8(7-17)2-4-9/h8-14,19H,1-6,18H2. The summed E-state index contributed by atoms with van der Waals surface area (Å²) in [5.41, 5.74) is 6.36. The van der Waals surface area contributed by atoms with Crippen molar-refractivity contribution >= 4 is 23.2 Å². The summed E-state index contributed by atoms with van der Waals surface area (Å²) in [5, 5.41) is 18.8. The number of rotatable bonds is 2. The molecule has 0 spiro atoms. The normalized spacial score (nSPS) is 45.4. The minimum absolute atomic E-state index is 0.0277. The number of halogens is 2. The zero-order valence-electron chi connectivity index (χ0n) is 11.0. The molecular weight excluding hydrogens is 283 g/mol. The Hall–Kier alpha value is -0.0100. The summed E-state index contributed by atoms with van der Waals surface area (Å²) < 4.78 is 0. The first-order chi connectivity index (χ1) is 9.02. The number of alkyl halides is 2. The van der Waals surface area contributed by atoms with Gasteiger partial charge < -0.3 is 10.8 Å². The first-order valence-corrected chi connectivity index (χ1v) is 8.01. The van der Waals surface area contributed by atoms with Crippen molar-refractivity contribution in [1.29, 1.82) is 5.26 Å². The number of hydrogen-bond donors (Lipinski definition) is 2. The molecule has 5 unspecified atom stereocenters. The summed E-state index contributed by atoms with van der Waals surface area (Å²) >= 11 is 12.3. The van der Waals surface area contributed by atoms with E-state index in [-0.39, 0.29) is 28.6 Å².